The van der Waals surface area contributed by atoms with Gasteiger partial charge in [0.25, 0.3) is 5.91 Å². The molecule has 1 heterocycles. The third-order valence-electron chi connectivity index (χ3n) is 3.01. The van der Waals surface area contributed by atoms with E-state index in [9.17, 15) is 4.79 Å². The van der Waals surface area contributed by atoms with Crippen LogP contribution in [0.1, 0.15) is 28.8 Å². The van der Waals surface area contributed by atoms with Crippen LogP contribution in [0.4, 0.5) is 0 Å². The molecule has 1 aromatic carbocycles. The van der Waals surface area contributed by atoms with Gasteiger partial charge in [0, 0.05) is 17.9 Å². The summed E-state index contributed by atoms with van der Waals surface area (Å²) in [5.74, 6) is 0.0409. The van der Waals surface area contributed by atoms with Crippen LogP contribution >= 0.6 is 27.5 Å². The molecule has 92 valence electrons. The van der Waals surface area contributed by atoms with Crippen molar-refractivity contribution in [3.63, 3.8) is 0 Å². The Morgan fingerprint density at radius 2 is 2.29 bits per heavy atom. The molecule has 17 heavy (non-hydrogen) atoms. The van der Waals surface area contributed by atoms with Gasteiger partial charge in [-0.15, -0.1) is 0 Å². The quantitative estimate of drug-likeness (QED) is 0.724. The molecule has 1 unspecified atom stereocenters. The van der Waals surface area contributed by atoms with Crippen LogP contribution in [0.15, 0.2) is 18.2 Å². The number of halogens is 2. The third-order valence-corrected chi connectivity index (χ3v) is 4.07. The second-order valence-corrected chi connectivity index (χ2v) is 6.18. The summed E-state index contributed by atoms with van der Waals surface area (Å²) in [6.07, 6.45) is 2.18. The highest BCUT2D eigenvalue weighted by Crippen LogP contribution is 2.23. The van der Waals surface area contributed by atoms with Crippen molar-refractivity contribution in [1.82, 2.24) is 4.90 Å². The molecule has 0 aromatic heterocycles. The van der Waals surface area contributed by atoms with Crippen molar-refractivity contribution < 1.29 is 4.79 Å². The number of carbonyl (C=O) groups is 1. The summed E-state index contributed by atoms with van der Waals surface area (Å²) >= 11 is 9.69. The van der Waals surface area contributed by atoms with Gasteiger partial charge in [-0.25, -0.2) is 0 Å². The fourth-order valence-corrected chi connectivity index (χ4v) is 3.06. The lowest BCUT2D eigenvalue weighted by Gasteiger charge is -2.30. The van der Waals surface area contributed by atoms with E-state index in [0.717, 1.165) is 31.5 Å². The molecule has 1 aliphatic rings. The van der Waals surface area contributed by atoms with Crippen molar-refractivity contribution in [3.05, 3.63) is 34.3 Å². The molecule has 1 aromatic rings. The number of amides is 1. The van der Waals surface area contributed by atoms with Gasteiger partial charge in [-0.3, -0.25) is 4.79 Å². The van der Waals surface area contributed by atoms with Crippen molar-refractivity contribution in [3.8, 4) is 0 Å². The highest BCUT2D eigenvalue weighted by atomic mass is 79.9. The number of carbonyl (C=O) groups excluding carboxylic acids is 1. The largest absolute Gasteiger partial charge is 0.337 e. The van der Waals surface area contributed by atoms with Crippen LogP contribution in [-0.4, -0.2) is 28.7 Å². The predicted molar refractivity (Wildman–Crippen MR) is 74.0 cm³/mol. The van der Waals surface area contributed by atoms with E-state index in [1.807, 2.05) is 30.0 Å². The van der Waals surface area contributed by atoms with E-state index in [4.69, 9.17) is 11.6 Å². The second-order valence-electron chi connectivity index (χ2n) is 4.47. The Morgan fingerprint density at radius 3 is 2.94 bits per heavy atom. The van der Waals surface area contributed by atoms with Crippen LogP contribution in [0.3, 0.4) is 0 Å². The number of aryl methyl sites for hydroxylation is 1. The molecular formula is C13H15BrClNO. The van der Waals surface area contributed by atoms with E-state index >= 15 is 0 Å². The summed E-state index contributed by atoms with van der Waals surface area (Å²) in [5.41, 5.74) is 1.68. The van der Waals surface area contributed by atoms with Gasteiger partial charge in [0.1, 0.15) is 0 Å². The van der Waals surface area contributed by atoms with Gasteiger partial charge in [0.2, 0.25) is 0 Å². The van der Waals surface area contributed by atoms with Gasteiger partial charge in [-0.2, -0.15) is 0 Å². The number of hydrogen-bond donors (Lipinski definition) is 0. The fourth-order valence-electron chi connectivity index (χ4n) is 2.07. The monoisotopic (exact) mass is 315 g/mol. The number of nitrogens with zero attached hydrogens (tertiary/aromatic N) is 1. The zero-order valence-electron chi connectivity index (χ0n) is 9.75. The predicted octanol–water partition coefficient (Wildman–Crippen LogP) is 3.65. The van der Waals surface area contributed by atoms with Gasteiger partial charge < -0.3 is 4.90 Å². The normalized spacial score (nSPS) is 20.4. The maximum atomic E-state index is 12.3. The second kappa shape index (κ2) is 5.40. The van der Waals surface area contributed by atoms with Crippen molar-refractivity contribution in [2.24, 2.45) is 0 Å². The zero-order valence-corrected chi connectivity index (χ0v) is 12.1. The number of rotatable bonds is 1. The molecular weight excluding hydrogens is 302 g/mol. The molecule has 2 nitrogen and oxygen atoms in total. The summed E-state index contributed by atoms with van der Waals surface area (Å²) in [4.78, 5) is 14.6. The summed E-state index contributed by atoms with van der Waals surface area (Å²) in [5, 5.41) is 0.548. The highest BCUT2D eigenvalue weighted by Gasteiger charge is 2.24. The van der Waals surface area contributed by atoms with Crippen LogP contribution < -0.4 is 0 Å². The lowest BCUT2D eigenvalue weighted by molar-refractivity contribution is 0.0730. The van der Waals surface area contributed by atoms with Crippen LogP contribution in [0.2, 0.25) is 5.02 Å². The molecule has 0 aliphatic carbocycles. The summed E-state index contributed by atoms with van der Waals surface area (Å²) in [6, 6.07) is 5.58. The van der Waals surface area contributed by atoms with Gasteiger partial charge >= 0.3 is 0 Å². The molecule has 2 rings (SSSR count). The maximum Gasteiger partial charge on any atom is 0.255 e. The fraction of sp³-hybridized carbons (Fsp3) is 0.462. The first-order valence-corrected chi connectivity index (χ1v) is 7.07. The van der Waals surface area contributed by atoms with E-state index in [1.165, 1.54) is 0 Å². The van der Waals surface area contributed by atoms with E-state index in [-0.39, 0.29) is 5.91 Å². The van der Waals surface area contributed by atoms with E-state index < -0.39 is 0 Å². The minimum Gasteiger partial charge on any atom is -0.337 e. The zero-order chi connectivity index (χ0) is 12.4. The molecule has 1 amide bonds. The molecule has 4 heteroatoms. The minimum atomic E-state index is 0.0409. The Morgan fingerprint density at radius 1 is 1.53 bits per heavy atom. The van der Waals surface area contributed by atoms with Crippen LogP contribution in [0, 0.1) is 6.92 Å². The lowest BCUT2D eigenvalue weighted by atomic mass is 10.1. The highest BCUT2D eigenvalue weighted by molar-refractivity contribution is 9.09. The molecule has 1 fully saturated rings. The Labute approximate surface area is 115 Å². The average Bonchev–Trinajstić information content (AvgIpc) is 2.28. The number of benzene rings is 1. The molecule has 0 bridgehead atoms. The lowest BCUT2D eigenvalue weighted by Crippen LogP contribution is -2.40. The van der Waals surface area contributed by atoms with Gasteiger partial charge in [0.05, 0.1) is 10.6 Å². The Bertz CT molecular complexity index is 435. The summed E-state index contributed by atoms with van der Waals surface area (Å²) < 4.78 is 0. The maximum absolute atomic E-state index is 12.3. The SMILES string of the molecule is Cc1ccc(C(=O)N2CCCC(Br)C2)c(Cl)c1. The summed E-state index contributed by atoms with van der Waals surface area (Å²) in [7, 11) is 0. The first-order valence-electron chi connectivity index (χ1n) is 5.77. The van der Waals surface area contributed by atoms with Crippen molar-refractivity contribution >= 4 is 33.4 Å². The molecule has 0 saturated carbocycles. The Kier molecular flexibility index (Phi) is 4.10. The third kappa shape index (κ3) is 3.02. The molecule has 1 atom stereocenters. The first-order chi connectivity index (χ1) is 8.08. The van der Waals surface area contributed by atoms with Crippen molar-refractivity contribution in [2.45, 2.75) is 24.6 Å². The Balaban J connectivity index is 2.18. The number of likely N-dealkylation sites (tertiary alicyclic amines) is 1. The molecule has 0 spiro atoms. The standard InChI is InChI=1S/C13H15BrClNO/c1-9-4-5-11(12(15)7-9)13(17)16-6-2-3-10(14)8-16/h4-5,7,10H,2-3,6,8H2,1H3. The molecule has 0 radical (unpaired) electrons. The van der Waals surface area contributed by atoms with Crippen molar-refractivity contribution in [1.29, 1.82) is 0 Å². The first kappa shape index (κ1) is 12.9. The van der Waals surface area contributed by atoms with Crippen LogP contribution in [0.5, 0.6) is 0 Å². The summed E-state index contributed by atoms with van der Waals surface area (Å²) in [6.45, 7) is 3.56. The van der Waals surface area contributed by atoms with E-state index in [0.29, 0.717) is 15.4 Å². The minimum absolute atomic E-state index is 0.0409. The number of piperidine rings is 1. The van der Waals surface area contributed by atoms with E-state index in [1.54, 1.807) is 0 Å². The number of hydrogen-bond acceptors (Lipinski definition) is 1. The molecule has 1 aliphatic heterocycles. The van der Waals surface area contributed by atoms with Gasteiger partial charge in [-0.1, -0.05) is 33.6 Å². The average molecular weight is 317 g/mol. The van der Waals surface area contributed by atoms with Gasteiger partial charge in [0.15, 0.2) is 0 Å². The van der Waals surface area contributed by atoms with Crippen LogP contribution in [0.25, 0.3) is 0 Å². The molecule has 0 N–H and O–H groups in total. The van der Waals surface area contributed by atoms with Crippen molar-refractivity contribution in [2.75, 3.05) is 13.1 Å². The van der Waals surface area contributed by atoms with Gasteiger partial charge in [-0.05, 0) is 37.5 Å². The smallest absolute Gasteiger partial charge is 0.255 e. The topological polar surface area (TPSA) is 20.3 Å². The molecule has 1 saturated heterocycles. The number of alkyl halides is 1. The Hall–Kier alpha value is -0.540. The van der Waals surface area contributed by atoms with Crippen LogP contribution in [-0.2, 0) is 0 Å². The van der Waals surface area contributed by atoms with E-state index in [2.05, 4.69) is 15.9 Å².